The molecular weight excluding hydrogens is 200 g/mol. The third-order valence-electron chi connectivity index (χ3n) is 1.55. The molecule has 0 unspecified atom stereocenters. The van der Waals surface area contributed by atoms with Crippen molar-refractivity contribution in [3.05, 3.63) is 28.8 Å². The smallest absolute Gasteiger partial charge is 0.0409 e. The second kappa shape index (κ2) is 3.93. The summed E-state index contributed by atoms with van der Waals surface area (Å²) in [5.41, 5.74) is 1.26. The van der Waals surface area contributed by atoms with Gasteiger partial charge in [0.05, 0.1) is 0 Å². The highest BCUT2D eigenvalue weighted by Gasteiger charge is 2.13. The molecule has 0 amide bonds. The third-order valence-corrected chi connectivity index (χ3v) is 3.08. The van der Waals surface area contributed by atoms with Crippen LogP contribution in [0.2, 0.25) is 5.02 Å². The molecule has 0 saturated carbocycles. The Morgan fingerprint density at radius 3 is 2.31 bits per heavy atom. The molecule has 0 bridgehead atoms. The Morgan fingerprint density at radius 2 is 1.85 bits per heavy atom. The molecule has 1 aromatic carbocycles. The summed E-state index contributed by atoms with van der Waals surface area (Å²) in [6, 6.07) is 6.05. The van der Waals surface area contributed by atoms with Gasteiger partial charge in [-0.05, 0) is 30.7 Å². The van der Waals surface area contributed by atoms with Crippen molar-refractivity contribution >= 4 is 23.4 Å². The predicted octanol–water partition coefficient (Wildman–Crippen LogP) is 4.54. The maximum absolute atomic E-state index is 5.88. The molecule has 0 aliphatic rings. The molecule has 0 aliphatic carbocycles. The first-order valence-corrected chi connectivity index (χ1v) is 5.53. The molecule has 13 heavy (non-hydrogen) atoms. The molecule has 0 nitrogen and oxygen atoms in total. The van der Waals surface area contributed by atoms with E-state index >= 15 is 0 Å². The van der Waals surface area contributed by atoms with E-state index in [0.29, 0.717) is 0 Å². The van der Waals surface area contributed by atoms with Crippen molar-refractivity contribution in [3.8, 4) is 0 Å². The van der Waals surface area contributed by atoms with Crippen molar-refractivity contribution in [1.82, 2.24) is 0 Å². The summed E-state index contributed by atoms with van der Waals surface area (Å²) in [5, 5.41) is 0.816. The van der Waals surface area contributed by atoms with E-state index in [2.05, 4.69) is 33.8 Å². The zero-order valence-electron chi connectivity index (χ0n) is 8.52. The molecule has 0 atom stereocenters. The second-order valence-electron chi connectivity index (χ2n) is 4.12. The molecule has 0 heterocycles. The average Bonchev–Trinajstić information content (AvgIpc) is 1.93. The van der Waals surface area contributed by atoms with Crippen LogP contribution in [0.4, 0.5) is 0 Å². The SMILES string of the molecule is Cc1cc(Cl)ccc1SC(C)(C)C. The number of benzene rings is 1. The van der Waals surface area contributed by atoms with Crippen LogP contribution < -0.4 is 0 Å². The number of hydrogen-bond donors (Lipinski definition) is 0. The first kappa shape index (κ1) is 10.9. The van der Waals surface area contributed by atoms with Gasteiger partial charge in [-0.25, -0.2) is 0 Å². The van der Waals surface area contributed by atoms with Crippen LogP contribution in [0.25, 0.3) is 0 Å². The molecule has 1 rings (SSSR count). The molecule has 0 radical (unpaired) electrons. The zero-order chi connectivity index (χ0) is 10.1. The topological polar surface area (TPSA) is 0 Å². The summed E-state index contributed by atoms with van der Waals surface area (Å²) in [6.45, 7) is 8.74. The van der Waals surface area contributed by atoms with Gasteiger partial charge in [0.15, 0.2) is 0 Å². The van der Waals surface area contributed by atoms with E-state index in [-0.39, 0.29) is 4.75 Å². The minimum absolute atomic E-state index is 0.262. The lowest BCUT2D eigenvalue weighted by Gasteiger charge is -2.18. The minimum Gasteiger partial charge on any atom is -0.120 e. The Labute approximate surface area is 89.7 Å². The van der Waals surface area contributed by atoms with Crippen LogP contribution >= 0.6 is 23.4 Å². The summed E-state index contributed by atoms with van der Waals surface area (Å²) in [4.78, 5) is 1.32. The summed E-state index contributed by atoms with van der Waals surface area (Å²) in [7, 11) is 0. The van der Waals surface area contributed by atoms with E-state index in [1.54, 1.807) is 0 Å². The lowest BCUT2D eigenvalue weighted by atomic mass is 10.2. The average molecular weight is 215 g/mol. The van der Waals surface area contributed by atoms with Gasteiger partial charge >= 0.3 is 0 Å². The molecule has 72 valence electrons. The quantitative estimate of drug-likeness (QED) is 0.619. The van der Waals surface area contributed by atoms with Gasteiger partial charge in [-0.15, -0.1) is 11.8 Å². The van der Waals surface area contributed by atoms with Gasteiger partial charge < -0.3 is 0 Å². The van der Waals surface area contributed by atoms with E-state index < -0.39 is 0 Å². The maximum Gasteiger partial charge on any atom is 0.0409 e. The first-order valence-electron chi connectivity index (χ1n) is 4.34. The Hall–Kier alpha value is -0.140. The molecule has 0 N–H and O–H groups in total. The van der Waals surface area contributed by atoms with Gasteiger partial charge in [-0.1, -0.05) is 32.4 Å². The van der Waals surface area contributed by atoms with E-state index in [0.717, 1.165) is 5.02 Å². The van der Waals surface area contributed by atoms with Crippen LogP contribution in [0, 0.1) is 6.92 Å². The van der Waals surface area contributed by atoms with Gasteiger partial charge in [0.2, 0.25) is 0 Å². The largest absolute Gasteiger partial charge is 0.120 e. The molecular formula is C11H15ClS. The molecule has 0 spiro atoms. The molecule has 0 fully saturated rings. The summed E-state index contributed by atoms with van der Waals surface area (Å²) < 4.78 is 0.262. The predicted molar refractivity (Wildman–Crippen MR) is 61.8 cm³/mol. The number of hydrogen-bond acceptors (Lipinski definition) is 1. The van der Waals surface area contributed by atoms with Crippen LogP contribution in [0.15, 0.2) is 23.1 Å². The first-order chi connectivity index (χ1) is 5.88. The molecule has 0 aliphatic heterocycles. The summed E-state index contributed by atoms with van der Waals surface area (Å²) in [6.07, 6.45) is 0. The van der Waals surface area contributed by atoms with Crippen LogP contribution in [-0.2, 0) is 0 Å². The van der Waals surface area contributed by atoms with Gasteiger partial charge in [0, 0.05) is 14.7 Å². The van der Waals surface area contributed by atoms with Gasteiger partial charge in [0.1, 0.15) is 0 Å². The van der Waals surface area contributed by atoms with Crippen molar-refractivity contribution in [2.45, 2.75) is 37.3 Å². The van der Waals surface area contributed by atoms with Gasteiger partial charge in [-0.2, -0.15) is 0 Å². The second-order valence-corrected chi connectivity index (χ2v) is 6.43. The van der Waals surface area contributed by atoms with Crippen LogP contribution in [0.3, 0.4) is 0 Å². The van der Waals surface area contributed by atoms with Crippen LogP contribution in [0.5, 0.6) is 0 Å². The van der Waals surface area contributed by atoms with Crippen molar-refractivity contribution in [1.29, 1.82) is 0 Å². The Bertz CT molecular complexity index is 299. The standard InChI is InChI=1S/C11H15ClS/c1-8-7-9(12)5-6-10(8)13-11(2,3)4/h5-7H,1-4H3. The lowest BCUT2D eigenvalue weighted by molar-refractivity contribution is 0.802. The van der Waals surface area contributed by atoms with Gasteiger partial charge in [0.25, 0.3) is 0 Å². The highest BCUT2D eigenvalue weighted by molar-refractivity contribution is 8.00. The van der Waals surface area contributed by atoms with Crippen molar-refractivity contribution < 1.29 is 0 Å². The van der Waals surface area contributed by atoms with Crippen LogP contribution in [-0.4, -0.2) is 4.75 Å². The molecule has 0 saturated heterocycles. The maximum atomic E-state index is 5.88. The molecule has 2 heteroatoms. The zero-order valence-corrected chi connectivity index (χ0v) is 10.1. The Morgan fingerprint density at radius 1 is 1.23 bits per heavy atom. The van der Waals surface area contributed by atoms with E-state index in [9.17, 15) is 0 Å². The fraction of sp³-hybridized carbons (Fsp3) is 0.455. The van der Waals surface area contributed by atoms with E-state index in [4.69, 9.17) is 11.6 Å². The van der Waals surface area contributed by atoms with E-state index in [1.165, 1.54) is 10.5 Å². The lowest BCUT2D eigenvalue weighted by Crippen LogP contribution is -2.06. The minimum atomic E-state index is 0.262. The highest BCUT2D eigenvalue weighted by Crippen LogP contribution is 2.34. The molecule has 1 aromatic rings. The number of halogens is 1. The summed E-state index contributed by atoms with van der Waals surface area (Å²) in [5.74, 6) is 0. The normalized spacial score (nSPS) is 11.8. The van der Waals surface area contributed by atoms with E-state index in [1.807, 2.05) is 23.9 Å². The van der Waals surface area contributed by atoms with Crippen molar-refractivity contribution in [2.24, 2.45) is 0 Å². The Kier molecular flexibility index (Phi) is 3.31. The van der Waals surface area contributed by atoms with Gasteiger partial charge in [-0.3, -0.25) is 0 Å². The highest BCUT2D eigenvalue weighted by atomic mass is 35.5. The van der Waals surface area contributed by atoms with Crippen molar-refractivity contribution in [3.63, 3.8) is 0 Å². The molecule has 0 aromatic heterocycles. The number of aryl methyl sites for hydroxylation is 1. The van der Waals surface area contributed by atoms with Crippen LogP contribution in [0.1, 0.15) is 26.3 Å². The fourth-order valence-corrected chi connectivity index (χ4v) is 2.30. The Balaban J connectivity index is 2.90. The fourth-order valence-electron chi connectivity index (χ4n) is 1.06. The summed E-state index contributed by atoms with van der Waals surface area (Å²) >= 11 is 7.76. The van der Waals surface area contributed by atoms with Crippen molar-refractivity contribution in [2.75, 3.05) is 0 Å². The number of thioether (sulfide) groups is 1. The third kappa shape index (κ3) is 3.61. The monoisotopic (exact) mass is 214 g/mol. The number of rotatable bonds is 1.